The second-order valence-electron chi connectivity index (χ2n) is 5.47. The summed E-state index contributed by atoms with van der Waals surface area (Å²) in [5, 5.41) is 3.69. The van der Waals surface area contributed by atoms with Gasteiger partial charge in [-0.3, -0.25) is 4.98 Å². The molecule has 0 amide bonds. The van der Waals surface area contributed by atoms with E-state index in [4.69, 9.17) is 0 Å². The Morgan fingerprint density at radius 3 is 3.00 bits per heavy atom. The minimum absolute atomic E-state index is 0.319. The molecule has 0 spiro atoms. The standard InChI is InChI=1S/C17H26N2/c1-3-12-18-17(15-10-6-4-5-7-11-15)16-14(2)9-8-13-19-16/h8-10,13,17-18H,3-7,11-12H2,1-2H3. The van der Waals surface area contributed by atoms with Crippen LogP contribution in [-0.4, -0.2) is 11.5 Å². The fourth-order valence-electron chi connectivity index (χ4n) is 2.79. The van der Waals surface area contributed by atoms with Gasteiger partial charge < -0.3 is 5.32 Å². The molecule has 1 N–H and O–H groups in total. The zero-order chi connectivity index (χ0) is 13.5. The lowest BCUT2D eigenvalue weighted by Gasteiger charge is -2.22. The van der Waals surface area contributed by atoms with Crippen molar-refractivity contribution in [2.45, 2.75) is 58.4 Å². The number of hydrogen-bond acceptors (Lipinski definition) is 2. The van der Waals surface area contributed by atoms with Gasteiger partial charge in [0.05, 0.1) is 11.7 Å². The van der Waals surface area contributed by atoms with Crippen molar-refractivity contribution in [2.75, 3.05) is 6.54 Å². The van der Waals surface area contributed by atoms with E-state index in [0.717, 1.165) is 13.0 Å². The van der Waals surface area contributed by atoms with Gasteiger partial charge in [-0.25, -0.2) is 0 Å². The number of allylic oxidation sites excluding steroid dienone is 1. The van der Waals surface area contributed by atoms with Gasteiger partial charge in [-0.05, 0) is 57.2 Å². The fourth-order valence-corrected chi connectivity index (χ4v) is 2.79. The fraction of sp³-hybridized carbons (Fsp3) is 0.588. The van der Waals surface area contributed by atoms with Crippen LogP contribution in [0.25, 0.3) is 0 Å². The molecule has 1 unspecified atom stereocenters. The van der Waals surface area contributed by atoms with Crippen molar-refractivity contribution >= 4 is 0 Å². The first kappa shape index (κ1) is 14.3. The molecule has 0 saturated carbocycles. The van der Waals surface area contributed by atoms with Crippen LogP contribution in [-0.2, 0) is 0 Å². The summed E-state index contributed by atoms with van der Waals surface area (Å²) in [5.41, 5.74) is 4.05. The molecule has 1 aliphatic rings. The minimum atomic E-state index is 0.319. The summed E-state index contributed by atoms with van der Waals surface area (Å²) >= 11 is 0. The molecule has 2 rings (SSSR count). The lowest BCUT2D eigenvalue weighted by molar-refractivity contribution is 0.554. The second kappa shape index (κ2) is 7.44. The third kappa shape index (κ3) is 3.90. The summed E-state index contributed by atoms with van der Waals surface area (Å²) in [5.74, 6) is 0. The molecule has 1 aliphatic carbocycles. The lowest BCUT2D eigenvalue weighted by Crippen LogP contribution is -2.25. The van der Waals surface area contributed by atoms with Crippen LogP contribution in [0.1, 0.15) is 62.7 Å². The van der Waals surface area contributed by atoms with E-state index in [1.807, 2.05) is 12.3 Å². The average molecular weight is 258 g/mol. The van der Waals surface area contributed by atoms with Crippen LogP contribution in [0.15, 0.2) is 30.0 Å². The Labute approximate surface area is 117 Å². The maximum Gasteiger partial charge on any atom is 0.0713 e. The Hall–Kier alpha value is -1.15. The quantitative estimate of drug-likeness (QED) is 0.796. The zero-order valence-electron chi connectivity index (χ0n) is 12.3. The molecule has 0 radical (unpaired) electrons. The first-order valence-corrected chi connectivity index (χ1v) is 7.66. The van der Waals surface area contributed by atoms with Crippen molar-refractivity contribution in [3.8, 4) is 0 Å². The molecule has 1 aromatic rings. The Kier molecular flexibility index (Phi) is 5.59. The molecule has 104 valence electrons. The highest BCUT2D eigenvalue weighted by Gasteiger charge is 2.19. The smallest absolute Gasteiger partial charge is 0.0713 e. The van der Waals surface area contributed by atoms with Gasteiger partial charge in [0.1, 0.15) is 0 Å². The first-order valence-electron chi connectivity index (χ1n) is 7.66. The number of aromatic nitrogens is 1. The molecule has 19 heavy (non-hydrogen) atoms. The number of aryl methyl sites for hydroxylation is 1. The summed E-state index contributed by atoms with van der Waals surface area (Å²) in [7, 11) is 0. The van der Waals surface area contributed by atoms with Crippen LogP contribution in [0.2, 0.25) is 0 Å². The number of nitrogens with zero attached hydrogens (tertiary/aromatic N) is 1. The molecular weight excluding hydrogens is 232 g/mol. The average Bonchev–Trinajstić information content (AvgIpc) is 2.70. The highest BCUT2D eigenvalue weighted by molar-refractivity contribution is 5.29. The first-order chi connectivity index (χ1) is 9.33. The summed E-state index contributed by atoms with van der Waals surface area (Å²) < 4.78 is 0. The van der Waals surface area contributed by atoms with E-state index >= 15 is 0 Å². The molecule has 2 heteroatoms. The molecular formula is C17H26N2. The second-order valence-corrected chi connectivity index (χ2v) is 5.47. The topological polar surface area (TPSA) is 24.9 Å². The molecule has 2 nitrogen and oxygen atoms in total. The van der Waals surface area contributed by atoms with Crippen LogP contribution in [0.4, 0.5) is 0 Å². The van der Waals surface area contributed by atoms with E-state index in [-0.39, 0.29) is 0 Å². The van der Waals surface area contributed by atoms with E-state index in [1.165, 1.54) is 43.4 Å². The Morgan fingerprint density at radius 1 is 1.32 bits per heavy atom. The van der Waals surface area contributed by atoms with E-state index in [1.54, 1.807) is 5.57 Å². The van der Waals surface area contributed by atoms with Crippen LogP contribution < -0.4 is 5.32 Å². The minimum Gasteiger partial charge on any atom is -0.305 e. The third-order valence-corrected chi connectivity index (χ3v) is 3.87. The molecule has 1 heterocycles. The van der Waals surface area contributed by atoms with Gasteiger partial charge in [0.25, 0.3) is 0 Å². The van der Waals surface area contributed by atoms with Crippen LogP contribution in [0, 0.1) is 6.92 Å². The summed E-state index contributed by atoms with van der Waals surface area (Å²) in [6.07, 6.45) is 12.0. The Morgan fingerprint density at radius 2 is 2.21 bits per heavy atom. The monoisotopic (exact) mass is 258 g/mol. The third-order valence-electron chi connectivity index (χ3n) is 3.87. The van der Waals surface area contributed by atoms with Crippen molar-refractivity contribution in [1.29, 1.82) is 0 Å². The van der Waals surface area contributed by atoms with E-state index in [0.29, 0.717) is 6.04 Å². The van der Waals surface area contributed by atoms with E-state index < -0.39 is 0 Å². The van der Waals surface area contributed by atoms with Crippen molar-refractivity contribution in [2.24, 2.45) is 0 Å². The molecule has 0 aliphatic heterocycles. The number of pyridine rings is 1. The Balaban J connectivity index is 2.24. The van der Waals surface area contributed by atoms with Crippen molar-refractivity contribution in [3.63, 3.8) is 0 Å². The van der Waals surface area contributed by atoms with Crippen LogP contribution in [0.5, 0.6) is 0 Å². The van der Waals surface area contributed by atoms with E-state index in [2.05, 4.69) is 36.3 Å². The summed E-state index contributed by atoms with van der Waals surface area (Å²) in [6, 6.07) is 4.51. The lowest BCUT2D eigenvalue weighted by atomic mass is 9.96. The van der Waals surface area contributed by atoms with E-state index in [9.17, 15) is 0 Å². The molecule has 0 saturated heterocycles. The van der Waals surface area contributed by atoms with Gasteiger partial charge in [-0.15, -0.1) is 0 Å². The van der Waals surface area contributed by atoms with Gasteiger partial charge in [0.15, 0.2) is 0 Å². The van der Waals surface area contributed by atoms with Gasteiger partial charge in [-0.1, -0.05) is 31.1 Å². The van der Waals surface area contributed by atoms with Crippen molar-refractivity contribution < 1.29 is 0 Å². The van der Waals surface area contributed by atoms with Crippen LogP contribution in [0.3, 0.4) is 0 Å². The summed E-state index contributed by atoms with van der Waals surface area (Å²) in [4.78, 5) is 4.63. The largest absolute Gasteiger partial charge is 0.305 e. The highest BCUT2D eigenvalue weighted by Crippen LogP contribution is 2.29. The molecule has 1 atom stereocenters. The normalized spacial score (nSPS) is 17.7. The number of nitrogens with one attached hydrogen (secondary N) is 1. The summed E-state index contributed by atoms with van der Waals surface area (Å²) in [6.45, 7) is 5.44. The Bertz CT molecular complexity index is 423. The zero-order valence-corrected chi connectivity index (χ0v) is 12.3. The SMILES string of the molecule is CCCNC(C1=CCCCCC1)c1ncccc1C. The highest BCUT2D eigenvalue weighted by atomic mass is 14.9. The molecule has 0 bridgehead atoms. The van der Waals surface area contributed by atoms with Crippen LogP contribution >= 0.6 is 0 Å². The van der Waals surface area contributed by atoms with Crippen molar-refractivity contribution in [1.82, 2.24) is 10.3 Å². The van der Waals surface area contributed by atoms with Gasteiger partial charge in [0.2, 0.25) is 0 Å². The predicted octanol–water partition coefficient (Wildman–Crippen LogP) is 4.32. The molecule has 1 aromatic heterocycles. The molecule has 0 fully saturated rings. The van der Waals surface area contributed by atoms with Crippen molar-refractivity contribution in [3.05, 3.63) is 41.2 Å². The maximum atomic E-state index is 4.63. The number of hydrogen-bond donors (Lipinski definition) is 1. The van der Waals surface area contributed by atoms with Gasteiger partial charge >= 0.3 is 0 Å². The predicted molar refractivity (Wildman–Crippen MR) is 81.2 cm³/mol. The maximum absolute atomic E-state index is 4.63. The molecule has 0 aromatic carbocycles. The van der Waals surface area contributed by atoms with Gasteiger partial charge in [-0.2, -0.15) is 0 Å². The number of rotatable bonds is 5. The van der Waals surface area contributed by atoms with Gasteiger partial charge in [0, 0.05) is 6.20 Å².